The van der Waals surface area contributed by atoms with Gasteiger partial charge in [-0.1, -0.05) is 0 Å². The summed E-state index contributed by atoms with van der Waals surface area (Å²) in [7, 11) is 1.32. The van der Waals surface area contributed by atoms with Crippen molar-refractivity contribution in [3.05, 3.63) is 11.9 Å². The molecular formula is C9H15N3O2. The van der Waals surface area contributed by atoms with Crippen LogP contribution in [0, 0.1) is 0 Å². The number of methoxy groups -OCH3 is 1. The van der Waals surface area contributed by atoms with E-state index in [1.165, 1.54) is 13.3 Å². The van der Waals surface area contributed by atoms with Gasteiger partial charge >= 0.3 is 5.97 Å². The minimum Gasteiger partial charge on any atom is -0.464 e. The van der Waals surface area contributed by atoms with Crippen LogP contribution in [0.15, 0.2) is 6.20 Å². The van der Waals surface area contributed by atoms with Gasteiger partial charge < -0.3 is 10.5 Å². The van der Waals surface area contributed by atoms with Crippen LogP contribution in [0.3, 0.4) is 0 Å². The molecule has 1 aromatic rings. The van der Waals surface area contributed by atoms with E-state index < -0.39 is 5.97 Å². The van der Waals surface area contributed by atoms with Crippen LogP contribution in [0.2, 0.25) is 0 Å². The van der Waals surface area contributed by atoms with Crippen molar-refractivity contribution in [2.45, 2.75) is 26.3 Å². The summed E-state index contributed by atoms with van der Waals surface area (Å²) in [6.07, 6.45) is 1.46. The summed E-state index contributed by atoms with van der Waals surface area (Å²) in [5.74, 6) is -0.463. The second-order valence-electron chi connectivity index (χ2n) is 4.02. The number of anilines is 1. The first-order valence-electron chi connectivity index (χ1n) is 4.30. The molecule has 0 amide bonds. The van der Waals surface area contributed by atoms with Crippen molar-refractivity contribution >= 4 is 11.7 Å². The van der Waals surface area contributed by atoms with Gasteiger partial charge in [0.25, 0.3) is 0 Å². The van der Waals surface area contributed by atoms with E-state index in [9.17, 15) is 4.79 Å². The van der Waals surface area contributed by atoms with Crippen LogP contribution in [-0.4, -0.2) is 22.9 Å². The fourth-order valence-corrected chi connectivity index (χ4v) is 1.17. The van der Waals surface area contributed by atoms with Gasteiger partial charge in [-0.3, -0.25) is 4.68 Å². The van der Waals surface area contributed by atoms with Crippen molar-refractivity contribution in [2.75, 3.05) is 12.8 Å². The average Bonchev–Trinajstić information content (AvgIpc) is 2.45. The zero-order valence-corrected chi connectivity index (χ0v) is 8.87. The normalized spacial score (nSPS) is 11.4. The molecule has 0 spiro atoms. The van der Waals surface area contributed by atoms with E-state index in [1.807, 2.05) is 20.8 Å². The summed E-state index contributed by atoms with van der Waals surface area (Å²) in [4.78, 5) is 11.4. The maximum Gasteiger partial charge on any atom is 0.358 e. The summed E-state index contributed by atoms with van der Waals surface area (Å²) in [6.45, 7) is 5.81. The molecule has 78 valence electrons. The lowest BCUT2D eigenvalue weighted by molar-refractivity contribution is 0.0579. The van der Waals surface area contributed by atoms with Gasteiger partial charge in [0.2, 0.25) is 0 Å². The number of carbonyl (C=O) groups excluding carboxylic acids is 1. The minimum absolute atomic E-state index is 0.291. The quantitative estimate of drug-likeness (QED) is 0.682. The molecule has 14 heavy (non-hydrogen) atoms. The molecule has 0 saturated carbocycles. The first-order chi connectivity index (χ1) is 6.38. The van der Waals surface area contributed by atoms with E-state index in [0.29, 0.717) is 11.4 Å². The Morgan fingerprint density at radius 1 is 1.57 bits per heavy atom. The summed E-state index contributed by atoms with van der Waals surface area (Å²) >= 11 is 0. The van der Waals surface area contributed by atoms with E-state index in [4.69, 9.17) is 5.73 Å². The lowest BCUT2D eigenvalue weighted by Gasteiger charge is -2.21. The van der Waals surface area contributed by atoms with Crippen molar-refractivity contribution in [3.8, 4) is 0 Å². The number of ether oxygens (including phenoxy) is 1. The van der Waals surface area contributed by atoms with E-state index in [0.717, 1.165) is 0 Å². The predicted molar refractivity (Wildman–Crippen MR) is 53.0 cm³/mol. The molecule has 0 aliphatic rings. The van der Waals surface area contributed by atoms with Crippen molar-refractivity contribution in [1.29, 1.82) is 0 Å². The molecule has 5 heteroatoms. The Labute approximate surface area is 82.8 Å². The highest BCUT2D eigenvalue weighted by atomic mass is 16.5. The molecule has 0 aliphatic heterocycles. The van der Waals surface area contributed by atoms with Crippen LogP contribution in [0.1, 0.15) is 31.3 Å². The highest BCUT2D eigenvalue weighted by Crippen LogP contribution is 2.20. The van der Waals surface area contributed by atoms with Gasteiger partial charge in [-0.05, 0) is 20.8 Å². The topological polar surface area (TPSA) is 70.1 Å². The fourth-order valence-electron chi connectivity index (χ4n) is 1.17. The molecule has 0 fully saturated rings. The Morgan fingerprint density at radius 2 is 2.14 bits per heavy atom. The maximum absolute atomic E-state index is 11.4. The number of hydrogen-bond acceptors (Lipinski definition) is 4. The van der Waals surface area contributed by atoms with Gasteiger partial charge in [-0.15, -0.1) is 0 Å². The molecule has 5 nitrogen and oxygen atoms in total. The lowest BCUT2D eigenvalue weighted by atomic mass is 10.1. The third-order valence-corrected chi connectivity index (χ3v) is 1.81. The Bertz CT molecular complexity index is 349. The molecule has 0 unspecified atom stereocenters. The third kappa shape index (κ3) is 1.71. The number of hydrogen-bond donors (Lipinski definition) is 1. The number of nitrogens with zero attached hydrogens (tertiary/aromatic N) is 2. The fraction of sp³-hybridized carbons (Fsp3) is 0.556. The van der Waals surface area contributed by atoms with E-state index in [1.54, 1.807) is 4.68 Å². The molecule has 1 rings (SSSR count). The standard InChI is InChI=1S/C9H15N3O2/c1-9(2,3)12-7(8(13)14-4)6(10)5-11-12/h5H,10H2,1-4H3. The van der Waals surface area contributed by atoms with Gasteiger partial charge in [0, 0.05) is 0 Å². The second-order valence-corrected chi connectivity index (χ2v) is 4.02. The number of carbonyl (C=O) groups is 1. The van der Waals surface area contributed by atoms with Gasteiger partial charge in [-0.25, -0.2) is 4.79 Å². The van der Waals surface area contributed by atoms with Gasteiger partial charge in [0.05, 0.1) is 24.5 Å². The van der Waals surface area contributed by atoms with Gasteiger partial charge in [0.1, 0.15) is 0 Å². The largest absolute Gasteiger partial charge is 0.464 e. The minimum atomic E-state index is -0.463. The molecule has 0 aliphatic carbocycles. The van der Waals surface area contributed by atoms with Crippen LogP contribution in [-0.2, 0) is 10.3 Å². The smallest absolute Gasteiger partial charge is 0.358 e. The molecule has 0 radical (unpaired) electrons. The van der Waals surface area contributed by atoms with E-state index in [-0.39, 0.29) is 5.54 Å². The number of nitrogen functional groups attached to an aromatic ring is 1. The number of nitrogens with two attached hydrogens (primary N) is 1. The van der Waals surface area contributed by atoms with Crippen LogP contribution >= 0.6 is 0 Å². The molecule has 1 aromatic heterocycles. The first-order valence-corrected chi connectivity index (χ1v) is 4.30. The van der Waals surface area contributed by atoms with Crippen molar-refractivity contribution in [1.82, 2.24) is 9.78 Å². The highest BCUT2D eigenvalue weighted by Gasteiger charge is 2.24. The zero-order chi connectivity index (χ0) is 10.9. The van der Waals surface area contributed by atoms with Gasteiger partial charge in [0.15, 0.2) is 5.69 Å². The van der Waals surface area contributed by atoms with E-state index in [2.05, 4.69) is 9.84 Å². The number of aromatic nitrogens is 2. The van der Waals surface area contributed by atoms with E-state index >= 15 is 0 Å². The lowest BCUT2D eigenvalue weighted by Crippen LogP contribution is -2.27. The zero-order valence-electron chi connectivity index (χ0n) is 8.87. The molecular weight excluding hydrogens is 182 g/mol. The molecule has 0 bridgehead atoms. The van der Waals surface area contributed by atoms with Crippen molar-refractivity contribution < 1.29 is 9.53 Å². The first kappa shape index (κ1) is 10.6. The molecule has 0 atom stereocenters. The van der Waals surface area contributed by atoms with Crippen LogP contribution in [0.5, 0.6) is 0 Å². The Kier molecular flexibility index (Phi) is 2.51. The third-order valence-electron chi connectivity index (χ3n) is 1.81. The van der Waals surface area contributed by atoms with Crippen LogP contribution in [0.25, 0.3) is 0 Å². The average molecular weight is 197 g/mol. The molecule has 1 heterocycles. The highest BCUT2D eigenvalue weighted by molar-refractivity contribution is 5.93. The predicted octanol–water partition coefficient (Wildman–Crippen LogP) is 1.01. The van der Waals surface area contributed by atoms with Crippen LogP contribution < -0.4 is 5.73 Å². The number of esters is 1. The summed E-state index contributed by atoms with van der Waals surface area (Å²) in [6, 6.07) is 0. The summed E-state index contributed by atoms with van der Waals surface area (Å²) in [5, 5.41) is 4.05. The number of rotatable bonds is 1. The van der Waals surface area contributed by atoms with Gasteiger partial charge in [-0.2, -0.15) is 5.10 Å². The molecule has 0 saturated heterocycles. The Morgan fingerprint density at radius 3 is 2.57 bits per heavy atom. The second kappa shape index (κ2) is 3.32. The monoisotopic (exact) mass is 197 g/mol. The summed E-state index contributed by atoms with van der Waals surface area (Å²) < 4.78 is 6.20. The van der Waals surface area contributed by atoms with Crippen molar-refractivity contribution in [3.63, 3.8) is 0 Å². The Hall–Kier alpha value is -1.52. The SMILES string of the molecule is COC(=O)c1c(N)cnn1C(C)(C)C. The van der Waals surface area contributed by atoms with Crippen molar-refractivity contribution in [2.24, 2.45) is 0 Å². The molecule has 0 aromatic carbocycles. The maximum atomic E-state index is 11.4. The molecule has 2 N–H and O–H groups in total. The Balaban J connectivity index is 3.26. The summed E-state index contributed by atoms with van der Waals surface area (Å²) in [5.41, 5.74) is 5.98. The van der Waals surface area contributed by atoms with Crippen LogP contribution in [0.4, 0.5) is 5.69 Å².